The van der Waals surface area contributed by atoms with Crippen LogP contribution in [0.15, 0.2) is 12.1 Å². The SMILES string of the molecule is Cc1ccc(CN[C@@H](C)C[C@@H](C)O)s1. The second kappa shape index (κ2) is 5.49. The van der Waals surface area contributed by atoms with E-state index in [1.54, 1.807) is 0 Å². The predicted octanol–water partition coefficient (Wildman–Crippen LogP) is 2.31. The van der Waals surface area contributed by atoms with Crippen LogP contribution in [-0.4, -0.2) is 17.3 Å². The lowest BCUT2D eigenvalue weighted by Gasteiger charge is -2.14. The number of thiophene rings is 1. The Morgan fingerprint density at radius 3 is 2.64 bits per heavy atom. The largest absolute Gasteiger partial charge is 0.393 e. The molecule has 0 amide bonds. The van der Waals surface area contributed by atoms with E-state index in [-0.39, 0.29) is 6.10 Å². The van der Waals surface area contributed by atoms with Crippen LogP contribution in [0.3, 0.4) is 0 Å². The summed E-state index contributed by atoms with van der Waals surface area (Å²) in [5.41, 5.74) is 0. The van der Waals surface area contributed by atoms with Crippen LogP contribution in [0.1, 0.15) is 30.0 Å². The monoisotopic (exact) mass is 213 g/mol. The number of aliphatic hydroxyl groups excluding tert-OH is 1. The lowest BCUT2D eigenvalue weighted by atomic mass is 10.1. The summed E-state index contributed by atoms with van der Waals surface area (Å²) in [4.78, 5) is 2.71. The fraction of sp³-hybridized carbons (Fsp3) is 0.636. The molecule has 0 unspecified atom stereocenters. The van der Waals surface area contributed by atoms with E-state index < -0.39 is 0 Å². The van der Waals surface area contributed by atoms with E-state index in [0.717, 1.165) is 13.0 Å². The van der Waals surface area contributed by atoms with Gasteiger partial charge in [-0.2, -0.15) is 0 Å². The molecule has 0 saturated heterocycles. The minimum atomic E-state index is -0.220. The van der Waals surface area contributed by atoms with Crippen LogP contribution in [0, 0.1) is 6.92 Å². The first-order valence-electron chi connectivity index (χ1n) is 5.04. The van der Waals surface area contributed by atoms with Crippen molar-refractivity contribution >= 4 is 11.3 Å². The minimum Gasteiger partial charge on any atom is -0.393 e. The molecular formula is C11H19NOS. The third-order valence-electron chi connectivity index (χ3n) is 2.12. The van der Waals surface area contributed by atoms with Crippen LogP contribution in [0.4, 0.5) is 0 Å². The van der Waals surface area contributed by atoms with Gasteiger partial charge in [0.25, 0.3) is 0 Å². The van der Waals surface area contributed by atoms with Crippen LogP contribution >= 0.6 is 11.3 Å². The summed E-state index contributed by atoms with van der Waals surface area (Å²) >= 11 is 1.82. The van der Waals surface area contributed by atoms with Crippen molar-refractivity contribution in [1.29, 1.82) is 0 Å². The van der Waals surface area contributed by atoms with Crippen molar-refractivity contribution in [1.82, 2.24) is 5.32 Å². The van der Waals surface area contributed by atoms with Crippen LogP contribution in [-0.2, 0) is 6.54 Å². The molecule has 2 atom stereocenters. The normalized spacial score (nSPS) is 15.4. The standard InChI is InChI=1S/C11H19NOS/c1-8(6-9(2)13)12-7-11-5-4-10(3)14-11/h4-5,8-9,12-13H,6-7H2,1-3H3/t8-,9+/m0/s1. The molecule has 0 aliphatic carbocycles. The summed E-state index contributed by atoms with van der Waals surface area (Å²) in [7, 11) is 0. The van der Waals surface area contributed by atoms with E-state index in [9.17, 15) is 5.11 Å². The minimum absolute atomic E-state index is 0.220. The van der Waals surface area contributed by atoms with Gasteiger partial charge in [-0.15, -0.1) is 11.3 Å². The average molecular weight is 213 g/mol. The van der Waals surface area contributed by atoms with Crippen LogP contribution in [0.2, 0.25) is 0 Å². The molecule has 14 heavy (non-hydrogen) atoms. The highest BCUT2D eigenvalue weighted by Gasteiger charge is 2.05. The summed E-state index contributed by atoms with van der Waals surface area (Å²) in [5, 5.41) is 12.6. The first-order valence-corrected chi connectivity index (χ1v) is 5.86. The van der Waals surface area contributed by atoms with Crippen molar-refractivity contribution in [2.45, 2.75) is 45.9 Å². The highest BCUT2D eigenvalue weighted by Crippen LogP contribution is 2.14. The smallest absolute Gasteiger partial charge is 0.0526 e. The zero-order valence-electron chi connectivity index (χ0n) is 9.08. The maximum absolute atomic E-state index is 9.19. The van der Waals surface area contributed by atoms with Crippen LogP contribution < -0.4 is 5.32 Å². The Bertz CT molecular complexity index is 270. The van der Waals surface area contributed by atoms with Crippen molar-refractivity contribution in [2.24, 2.45) is 0 Å². The van der Waals surface area contributed by atoms with Gasteiger partial charge in [-0.05, 0) is 39.3 Å². The Hall–Kier alpha value is -0.380. The topological polar surface area (TPSA) is 32.3 Å². The predicted molar refractivity (Wildman–Crippen MR) is 61.7 cm³/mol. The third kappa shape index (κ3) is 4.22. The second-order valence-corrected chi connectivity index (χ2v) is 5.25. The fourth-order valence-electron chi connectivity index (χ4n) is 1.45. The number of aliphatic hydroxyl groups is 1. The molecule has 0 saturated carbocycles. The van der Waals surface area contributed by atoms with Gasteiger partial charge in [-0.3, -0.25) is 0 Å². The molecule has 1 rings (SSSR count). The Balaban J connectivity index is 2.26. The Kier molecular flexibility index (Phi) is 4.58. The zero-order chi connectivity index (χ0) is 10.6. The highest BCUT2D eigenvalue weighted by molar-refractivity contribution is 7.11. The van der Waals surface area contributed by atoms with E-state index in [4.69, 9.17) is 0 Å². The number of hydrogen-bond donors (Lipinski definition) is 2. The van der Waals surface area contributed by atoms with Gasteiger partial charge < -0.3 is 10.4 Å². The fourth-order valence-corrected chi connectivity index (χ4v) is 2.29. The molecule has 0 radical (unpaired) electrons. The van der Waals surface area contributed by atoms with Gasteiger partial charge in [0.05, 0.1) is 6.10 Å². The van der Waals surface area contributed by atoms with Crippen molar-refractivity contribution in [3.8, 4) is 0 Å². The Morgan fingerprint density at radius 2 is 2.14 bits per heavy atom. The molecule has 0 aliphatic heterocycles. The number of hydrogen-bond acceptors (Lipinski definition) is 3. The van der Waals surface area contributed by atoms with E-state index in [1.807, 2.05) is 18.3 Å². The zero-order valence-corrected chi connectivity index (χ0v) is 9.90. The van der Waals surface area contributed by atoms with Gasteiger partial charge in [0, 0.05) is 22.3 Å². The average Bonchev–Trinajstić information content (AvgIpc) is 2.47. The summed E-state index contributed by atoms with van der Waals surface area (Å²) in [5.74, 6) is 0. The quantitative estimate of drug-likeness (QED) is 0.786. The van der Waals surface area contributed by atoms with Gasteiger partial charge in [-0.25, -0.2) is 0 Å². The molecule has 0 spiro atoms. The number of nitrogens with one attached hydrogen (secondary N) is 1. The first kappa shape index (κ1) is 11.7. The van der Waals surface area contributed by atoms with E-state index in [1.165, 1.54) is 9.75 Å². The van der Waals surface area contributed by atoms with E-state index in [0.29, 0.717) is 6.04 Å². The Morgan fingerprint density at radius 1 is 1.43 bits per heavy atom. The molecule has 1 aromatic rings. The van der Waals surface area contributed by atoms with Crippen molar-refractivity contribution in [3.63, 3.8) is 0 Å². The summed E-state index contributed by atoms with van der Waals surface area (Å²) < 4.78 is 0. The number of aryl methyl sites for hydroxylation is 1. The molecular weight excluding hydrogens is 194 g/mol. The Labute approximate surface area is 90.0 Å². The van der Waals surface area contributed by atoms with Gasteiger partial charge in [0.1, 0.15) is 0 Å². The molecule has 80 valence electrons. The third-order valence-corrected chi connectivity index (χ3v) is 3.12. The van der Waals surface area contributed by atoms with Crippen molar-refractivity contribution in [3.05, 3.63) is 21.9 Å². The lowest BCUT2D eigenvalue weighted by molar-refractivity contribution is 0.170. The first-order chi connectivity index (χ1) is 6.58. The molecule has 0 aliphatic rings. The molecule has 3 heteroatoms. The summed E-state index contributed by atoms with van der Waals surface area (Å²) in [6, 6.07) is 4.67. The van der Waals surface area contributed by atoms with Gasteiger partial charge in [0.2, 0.25) is 0 Å². The van der Waals surface area contributed by atoms with Crippen molar-refractivity contribution < 1.29 is 5.11 Å². The van der Waals surface area contributed by atoms with Crippen molar-refractivity contribution in [2.75, 3.05) is 0 Å². The van der Waals surface area contributed by atoms with Gasteiger partial charge in [0.15, 0.2) is 0 Å². The summed E-state index contributed by atoms with van der Waals surface area (Å²) in [6.07, 6.45) is 0.590. The van der Waals surface area contributed by atoms with Gasteiger partial charge >= 0.3 is 0 Å². The molecule has 2 N–H and O–H groups in total. The molecule has 2 nitrogen and oxygen atoms in total. The molecule has 0 fully saturated rings. The molecule has 1 aromatic heterocycles. The van der Waals surface area contributed by atoms with Crippen LogP contribution in [0.5, 0.6) is 0 Å². The van der Waals surface area contributed by atoms with Crippen LogP contribution in [0.25, 0.3) is 0 Å². The number of rotatable bonds is 5. The maximum atomic E-state index is 9.19. The maximum Gasteiger partial charge on any atom is 0.0526 e. The van der Waals surface area contributed by atoms with E-state index >= 15 is 0 Å². The highest BCUT2D eigenvalue weighted by atomic mass is 32.1. The summed E-state index contributed by atoms with van der Waals surface area (Å²) in [6.45, 7) is 6.96. The molecule has 1 heterocycles. The molecule has 0 aromatic carbocycles. The van der Waals surface area contributed by atoms with Gasteiger partial charge in [-0.1, -0.05) is 0 Å². The second-order valence-electron chi connectivity index (χ2n) is 3.88. The lowest BCUT2D eigenvalue weighted by Crippen LogP contribution is -2.28. The van der Waals surface area contributed by atoms with E-state index in [2.05, 4.69) is 31.3 Å². The molecule has 0 bridgehead atoms.